The Morgan fingerprint density at radius 3 is 2.76 bits per heavy atom. The predicted molar refractivity (Wildman–Crippen MR) is 113 cm³/mol. The van der Waals surface area contributed by atoms with E-state index in [1.165, 1.54) is 5.56 Å². The molecule has 0 fully saturated rings. The average Bonchev–Trinajstić information content (AvgIpc) is 3.12. The van der Waals surface area contributed by atoms with E-state index in [0.29, 0.717) is 6.54 Å². The van der Waals surface area contributed by atoms with Gasteiger partial charge in [-0.1, -0.05) is 19.1 Å². The van der Waals surface area contributed by atoms with Crippen molar-refractivity contribution in [3.8, 4) is 5.75 Å². The molecule has 6 heteroatoms. The molecule has 0 saturated heterocycles. The van der Waals surface area contributed by atoms with E-state index >= 15 is 0 Å². The Kier molecular flexibility index (Phi) is 10.8. The molecule has 0 aliphatic heterocycles. The van der Waals surface area contributed by atoms with Gasteiger partial charge in [0.05, 0.1) is 12.9 Å². The number of furan rings is 1. The van der Waals surface area contributed by atoms with Crippen LogP contribution in [0.3, 0.4) is 0 Å². The smallest absolute Gasteiger partial charge is 0.191 e. The molecule has 0 unspecified atom stereocenters. The molecule has 0 bridgehead atoms. The van der Waals surface area contributed by atoms with Crippen molar-refractivity contribution in [3.63, 3.8) is 0 Å². The number of nitrogens with one attached hydrogen (secondary N) is 2. The Labute approximate surface area is 167 Å². The van der Waals surface area contributed by atoms with E-state index in [9.17, 15) is 0 Å². The summed E-state index contributed by atoms with van der Waals surface area (Å²) in [6.07, 6.45) is 3.59. The zero-order valence-electron chi connectivity index (χ0n) is 15.0. The average molecular weight is 457 g/mol. The van der Waals surface area contributed by atoms with Crippen molar-refractivity contribution >= 4 is 29.9 Å². The Morgan fingerprint density at radius 1 is 1.16 bits per heavy atom. The number of guanidine groups is 1. The highest BCUT2D eigenvalue weighted by atomic mass is 127. The SMILES string of the molecule is CCCOc1cccc(CCNC(=NCc2ccco2)NCC)c1.I. The maximum atomic E-state index is 5.67. The number of nitrogens with zero attached hydrogens (tertiary/aromatic N) is 1. The fourth-order valence-electron chi connectivity index (χ4n) is 2.24. The largest absolute Gasteiger partial charge is 0.494 e. The lowest BCUT2D eigenvalue weighted by molar-refractivity contribution is 0.317. The summed E-state index contributed by atoms with van der Waals surface area (Å²) in [6.45, 7) is 7.08. The Hall–Kier alpha value is -1.70. The zero-order valence-corrected chi connectivity index (χ0v) is 17.3. The van der Waals surface area contributed by atoms with Gasteiger partial charge in [-0.2, -0.15) is 0 Å². The van der Waals surface area contributed by atoms with Gasteiger partial charge in [0.25, 0.3) is 0 Å². The molecular weight excluding hydrogens is 429 g/mol. The Bertz CT molecular complexity index is 615. The summed E-state index contributed by atoms with van der Waals surface area (Å²) < 4.78 is 11.0. The minimum atomic E-state index is 0. The van der Waals surface area contributed by atoms with E-state index < -0.39 is 0 Å². The second kappa shape index (κ2) is 12.6. The first-order chi connectivity index (χ1) is 11.8. The number of hydrogen-bond donors (Lipinski definition) is 2. The van der Waals surface area contributed by atoms with Crippen molar-refractivity contribution < 1.29 is 9.15 Å². The van der Waals surface area contributed by atoms with Crippen molar-refractivity contribution in [2.24, 2.45) is 4.99 Å². The molecule has 25 heavy (non-hydrogen) atoms. The van der Waals surface area contributed by atoms with Gasteiger partial charge >= 0.3 is 0 Å². The number of rotatable bonds is 9. The topological polar surface area (TPSA) is 58.8 Å². The van der Waals surface area contributed by atoms with E-state index in [0.717, 1.165) is 50.0 Å². The summed E-state index contributed by atoms with van der Waals surface area (Å²) in [7, 11) is 0. The highest BCUT2D eigenvalue weighted by molar-refractivity contribution is 14.0. The van der Waals surface area contributed by atoms with Crippen LogP contribution < -0.4 is 15.4 Å². The molecule has 0 aliphatic rings. The summed E-state index contributed by atoms with van der Waals surface area (Å²) in [5, 5.41) is 6.59. The first-order valence-corrected chi connectivity index (χ1v) is 8.58. The lowest BCUT2D eigenvalue weighted by Crippen LogP contribution is -2.38. The molecule has 138 valence electrons. The summed E-state index contributed by atoms with van der Waals surface area (Å²) in [5.74, 6) is 2.59. The summed E-state index contributed by atoms with van der Waals surface area (Å²) in [6, 6.07) is 12.1. The summed E-state index contributed by atoms with van der Waals surface area (Å²) in [5.41, 5.74) is 1.25. The van der Waals surface area contributed by atoms with Crippen LogP contribution in [0.4, 0.5) is 0 Å². The molecule has 0 atom stereocenters. The number of aliphatic imine (C=N–C) groups is 1. The molecule has 2 aromatic rings. The highest BCUT2D eigenvalue weighted by Crippen LogP contribution is 2.13. The highest BCUT2D eigenvalue weighted by Gasteiger charge is 2.01. The van der Waals surface area contributed by atoms with Gasteiger partial charge in [0.2, 0.25) is 0 Å². The van der Waals surface area contributed by atoms with Gasteiger partial charge in [-0.15, -0.1) is 24.0 Å². The molecule has 1 aromatic heterocycles. The fourth-order valence-corrected chi connectivity index (χ4v) is 2.24. The predicted octanol–water partition coefficient (Wildman–Crippen LogP) is 3.98. The van der Waals surface area contributed by atoms with Crippen molar-refractivity contribution in [1.82, 2.24) is 10.6 Å². The molecule has 1 heterocycles. The lowest BCUT2D eigenvalue weighted by Gasteiger charge is -2.11. The van der Waals surface area contributed by atoms with E-state index in [1.54, 1.807) is 6.26 Å². The quantitative estimate of drug-likeness (QED) is 0.340. The van der Waals surface area contributed by atoms with Crippen LogP contribution in [0, 0.1) is 0 Å². The third-order valence-corrected chi connectivity index (χ3v) is 3.39. The number of hydrogen-bond acceptors (Lipinski definition) is 3. The maximum absolute atomic E-state index is 5.67. The van der Waals surface area contributed by atoms with Crippen LogP contribution in [-0.2, 0) is 13.0 Å². The van der Waals surface area contributed by atoms with Crippen LogP contribution >= 0.6 is 24.0 Å². The Morgan fingerprint density at radius 2 is 2.04 bits per heavy atom. The standard InChI is InChI=1S/C19H27N3O2.HI/c1-3-12-23-17-8-5-7-16(14-17)10-11-21-19(20-4-2)22-15-18-9-6-13-24-18;/h5-9,13-14H,3-4,10-12,15H2,1-2H3,(H2,20,21,22);1H. The monoisotopic (exact) mass is 457 g/mol. The van der Waals surface area contributed by atoms with E-state index in [2.05, 4.69) is 41.6 Å². The van der Waals surface area contributed by atoms with Gasteiger partial charge in [0.1, 0.15) is 18.1 Å². The van der Waals surface area contributed by atoms with Gasteiger partial charge in [-0.05, 0) is 49.6 Å². The molecule has 0 spiro atoms. The third-order valence-electron chi connectivity index (χ3n) is 3.39. The van der Waals surface area contributed by atoms with Crippen LogP contribution in [0.15, 0.2) is 52.1 Å². The first-order valence-electron chi connectivity index (χ1n) is 8.58. The molecular formula is C19H28IN3O2. The minimum Gasteiger partial charge on any atom is -0.494 e. The third kappa shape index (κ3) is 8.29. The second-order valence-corrected chi connectivity index (χ2v) is 5.45. The number of ether oxygens (including phenoxy) is 1. The normalized spacial score (nSPS) is 10.9. The van der Waals surface area contributed by atoms with Crippen LogP contribution in [0.1, 0.15) is 31.6 Å². The molecule has 2 rings (SSSR count). The van der Waals surface area contributed by atoms with Gasteiger partial charge in [0, 0.05) is 13.1 Å². The fraction of sp³-hybridized carbons (Fsp3) is 0.421. The number of halogens is 1. The van der Waals surface area contributed by atoms with Crippen molar-refractivity contribution in [3.05, 3.63) is 54.0 Å². The zero-order chi connectivity index (χ0) is 17.0. The molecule has 0 aliphatic carbocycles. The Balaban J connectivity index is 0.00000312. The first kappa shape index (κ1) is 21.3. The summed E-state index contributed by atoms with van der Waals surface area (Å²) >= 11 is 0. The van der Waals surface area contributed by atoms with E-state index in [4.69, 9.17) is 9.15 Å². The van der Waals surface area contributed by atoms with Crippen LogP contribution in [0.2, 0.25) is 0 Å². The van der Waals surface area contributed by atoms with Gasteiger partial charge in [-0.3, -0.25) is 0 Å². The lowest BCUT2D eigenvalue weighted by atomic mass is 10.1. The molecule has 0 amide bonds. The van der Waals surface area contributed by atoms with Gasteiger partial charge in [-0.25, -0.2) is 4.99 Å². The van der Waals surface area contributed by atoms with Crippen LogP contribution in [-0.4, -0.2) is 25.7 Å². The van der Waals surface area contributed by atoms with Crippen molar-refractivity contribution in [2.75, 3.05) is 19.7 Å². The van der Waals surface area contributed by atoms with Crippen molar-refractivity contribution in [2.45, 2.75) is 33.2 Å². The maximum Gasteiger partial charge on any atom is 0.191 e. The molecule has 1 aromatic carbocycles. The second-order valence-electron chi connectivity index (χ2n) is 5.45. The molecule has 5 nitrogen and oxygen atoms in total. The van der Waals surface area contributed by atoms with Crippen LogP contribution in [0.25, 0.3) is 0 Å². The minimum absolute atomic E-state index is 0. The molecule has 0 saturated carbocycles. The summed E-state index contributed by atoms with van der Waals surface area (Å²) in [4.78, 5) is 4.52. The number of benzene rings is 1. The molecule has 2 N–H and O–H groups in total. The molecule has 0 radical (unpaired) electrons. The van der Waals surface area contributed by atoms with E-state index in [-0.39, 0.29) is 24.0 Å². The van der Waals surface area contributed by atoms with Gasteiger partial charge < -0.3 is 19.8 Å². The van der Waals surface area contributed by atoms with Gasteiger partial charge in [0.15, 0.2) is 5.96 Å². The van der Waals surface area contributed by atoms with E-state index in [1.807, 2.05) is 24.3 Å². The van der Waals surface area contributed by atoms with Crippen molar-refractivity contribution in [1.29, 1.82) is 0 Å². The van der Waals surface area contributed by atoms with Crippen LogP contribution in [0.5, 0.6) is 5.75 Å².